The highest BCUT2D eigenvalue weighted by molar-refractivity contribution is 7.89. The van der Waals surface area contributed by atoms with E-state index < -0.39 is 10.0 Å². The van der Waals surface area contributed by atoms with Crippen molar-refractivity contribution in [3.63, 3.8) is 0 Å². The maximum absolute atomic E-state index is 13.0. The summed E-state index contributed by atoms with van der Waals surface area (Å²) in [4.78, 5) is 17.9. The van der Waals surface area contributed by atoms with Crippen LogP contribution in [0.1, 0.15) is 45.5 Å². The molecule has 2 heterocycles. The number of aryl methyl sites for hydroxylation is 1. The monoisotopic (exact) mass is 546 g/mol. The van der Waals surface area contributed by atoms with E-state index in [1.165, 1.54) is 31.5 Å². The molecule has 8 heteroatoms. The molecule has 0 spiro atoms. The third-order valence-electron chi connectivity index (χ3n) is 7.67. The Kier molecular flexibility index (Phi) is 8.77. The SMILES string of the molecule is Cc1ccc(S(=O)(=O)N2CCN(Cc3cccc(C(=O)NCc4ccc(CN5CCCC5)cc4)c3)CC2)cc1. The third-order valence-corrected chi connectivity index (χ3v) is 9.58. The van der Waals surface area contributed by atoms with Gasteiger partial charge in [-0.2, -0.15) is 4.31 Å². The van der Waals surface area contributed by atoms with Gasteiger partial charge >= 0.3 is 0 Å². The summed E-state index contributed by atoms with van der Waals surface area (Å²) in [6.45, 7) is 8.68. The molecule has 0 aromatic heterocycles. The second-order valence-electron chi connectivity index (χ2n) is 10.7. The number of hydrogen-bond donors (Lipinski definition) is 1. The fourth-order valence-electron chi connectivity index (χ4n) is 5.30. The second kappa shape index (κ2) is 12.4. The van der Waals surface area contributed by atoms with Crippen LogP contribution in [0.3, 0.4) is 0 Å². The van der Waals surface area contributed by atoms with Gasteiger partial charge in [0.1, 0.15) is 0 Å². The van der Waals surface area contributed by atoms with Crippen LogP contribution in [0.5, 0.6) is 0 Å². The number of nitrogens with zero attached hydrogens (tertiary/aromatic N) is 3. The number of carbonyl (C=O) groups excluding carboxylic acids is 1. The Labute approximate surface area is 232 Å². The quantitative estimate of drug-likeness (QED) is 0.439. The van der Waals surface area contributed by atoms with Gasteiger partial charge in [0.25, 0.3) is 5.91 Å². The first kappa shape index (κ1) is 27.5. The minimum Gasteiger partial charge on any atom is -0.348 e. The van der Waals surface area contributed by atoms with E-state index in [0.717, 1.165) is 23.2 Å². The van der Waals surface area contributed by atoms with Gasteiger partial charge in [0.15, 0.2) is 0 Å². The molecule has 2 fully saturated rings. The minimum atomic E-state index is -3.48. The van der Waals surface area contributed by atoms with Crippen LogP contribution in [0, 0.1) is 6.92 Å². The zero-order valence-corrected chi connectivity index (χ0v) is 23.5. The summed E-state index contributed by atoms with van der Waals surface area (Å²) < 4.78 is 27.6. The number of benzene rings is 3. The fourth-order valence-corrected chi connectivity index (χ4v) is 6.72. The van der Waals surface area contributed by atoms with Crippen LogP contribution in [-0.2, 0) is 29.7 Å². The number of nitrogens with one attached hydrogen (secondary N) is 1. The Morgan fingerprint density at radius 1 is 0.744 bits per heavy atom. The van der Waals surface area contributed by atoms with Crippen molar-refractivity contribution in [3.05, 3.63) is 101 Å². The molecule has 0 atom stereocenters. The van der Waals surface area contributed by atoms with E-state index in [4.69, 9.17) is 0 Å². The number of rotatable bonds is 9. The molecule has 1 amide bonds. The second-order valence-corrected chi connectivity index (χ2v) is 12.6. The minimum absolute atomic E-state index is 0.0907. The number of amides is 1. The van der Waals surface area contributed by atoms with Crippen molar-refractivity contribution in [2.24, 2.45) is 0 Å². The van der Waals surface area contributed by atoms with E-state index in [0.29, 0.717) is 49.7 Å². The molecule has 5 rings (SSSR count). The molecule has 2 saturated heterocycles. The predicted octanol–water partition coefficient (Wildman–Crippen LogP) is 4.03. The van der Waals surface area contributed by atoms with Crippen molar-refractivity contribution in [3.8, 4) is 0 Å². The fraction of sp³-hybridized carbons (Fsp3) is 0.387. The Hall–Kier alpha value is -3.04. The molecular weight excluding hydrogens is 508 g/mol. The van der Waals surface area contributed by atoms with Crippen LogP contribution in [0.4, 0.5) is 0 Å². The van der Waals surface area contributed by atoms with Crippen molar-refractivity contribution < 1.29 is 13.2 Å². The van der Waals surface area contributed by atoms with E-state index in [9.17, 15) is 13.2 Å². The standard InChI is InChI=1S/C31H38N4O3S/c1-25-7-13-30(14-8-25)39(37,38)35-19-17-34(18-20-35)24-28-5-4-6-29(21-28)31(36)32-22-26-9-11-27(12-10-26)23-33-15-2-3-16-33/h4-14,21H,2-3,15-20,22-24H2,1H3,(H,32,36). The lowest BCUT2D eigenvalue weighted by Crippen LogP contribution is -2.48. The molecule has 2 aliphatic heterocycles. The first-order valence-electron chi connectivity index (χ1n) is 13.8. The van der Waals surface area contributed by atoms with Gasteiger partial charge in [0, 0.05) is 51.4 Å². The van der Waals surface area contributed by atoms with Crippen molar-refractivity contribution >= 4 is 15.9 Å². The van der Waals surface area contributed by atoms with E-state index in [2.05, 4.69) is 39.4 Å². The predicted molar refractivity (Wildman–Crippen MR) is 154 cm³/mol. The zero-order chi connectivity index (χ0) is 27.2. The summed E-state index contributed by atoms with van der Waals surface area (Å²) in [6, 6.07) is 23.2. The lowest BCUT2D eigenvalue weighted by Gasteiger charge is -2.34. The molecule has 206 valence electrons. The summed E-state index contributed by atoms with van der Waals surface area (Å²) in [5.41, 5.74) is 5.12. The Balaban J connectivity index is 1.10. The van der Waals surface area contributed by atoms with Gasteiger partial charge in [0.05, 0.1) is 4.90 Å². The Morgan fingerprint density at radius 3 is 2.05 bits per heavy atom. The first-order valence-corrected chi connectivity index (χ1v) is 15.3. The van der Waals surface area contributed by atoms with Crippen molar-refractivity contribution in [1.82, 2.24) is 19.4 Å². The van der Waals surface area contributed by atoms with Crippen molar-refractivity contribution in [2.45, 2.75) is 44.3 Å². The number of carbonyl (C=O) groups is 1. The average molecular weight is 547 g/mol. The first-order chi connectivity index (χ1) is 18.9. The van der Waals surface area contributed by atoms with Crippen LogP contribution in [0.15, 0.2) is 77.7 Å². The Morgan fingerprint density at radius 2 is 1.36 bits per heavy atom. The van der Waals surface area contributed by atoms with Crippen LogP contribution in [0.2, 0.25) is 0 Å². The van der Waals surface area contributed by atoms with E-state index >= 15 is 0 Å². The molecule has 0 radical (unpaired) electrons. The maximum Gasteiger partial charge on any atom is 0.251 e. The zero-order valence-electron chi connectivity index (χ0n) is 22.7. The van der Waals surface area contributed by atoms with Crippen LogP contribution in [0.25, 0.3) is 0 Å². The molecule has 3 aromatic rings. The average Bonchev–Trinajstić information content (AvgIpc) is 3.46. The summed E-state index contributed by atoms with van der Waals surface area (Å²) in [5, 5.41) is 3.04. The van der Waals surface area contributed by atoms with Crippen LogP contribution in [-0.4, -0.2) is 67.7 Å². The van der Waals surface area contributed by atoms with Gasteiger partial charge < -0.3 is 5.32 Å². The molecule has 2 aliphatic rings. The van der Waals surface area contributed by atoms with Gasteiger partial charge in [-0.15, -0.1) is 0 Å². The molecule has 3 aromatic carbocycles. The number of likely N-dealkylation sites (tertiary alicyclic amines) is 1. The molecule has 0 bridgehead atoms. The number of piperazine rings is 1. The topological polar surface area (TPSA) is 73.0 Å². The summed E-state index contributed by atoms with van der Waals surface area (Å²) in [6.07, 6.45) is 2.58. The lowest BCUT2D eigenvalue weighted by molar-refractivity contribution is 0.0950. The Bertz CT molecular complexity index is 1360. The summed E-state index contributed by atoms with van der Waals surface area (Å²) in [5.74, 6) is -0.0907. The van der Waals surface area contributed by atoms with E-state index in [1.807, 2.05) is 43.3 Å². The van der Waals surface area contributed by atoms with E-state index in [1.54, 1.807) is 16.4 Å². The van der Waals surface area contributed by atoms with Gasteiger partial charge in [-0.05, 0) is 73.8 Å². The highest BCUT2D eigenvalue weighted by Gasteiger charge is 2.28. The smallest absolute Gasteiger partial charge is 0.251 e. The molecule has 39 heavy (non-hydrogen) atoms. The number of sulfonamides is 1. The molecule has 1 N–H and O–H groups in total. The third kappa shape index (κ3) is 7.13. The van der Waals surface area contributed by atoms with Gasteiger partial charge in [-0.3, -0.25) is 14.6 Å². The highest BCUT2D eigenvalue weighted by atomic mass is 32.2. The lowest BCUT2D eigenvalue weighted by atomic mass is 10.1. The van der Waals surface area contributed by atoms with Crippen LogP contribution < -0.4 is 5.32 Å². The maximum atomic E-state index is 13.0. The molecule has 0 aliphatic carbocycles. The molecule has 7 nitrogen and oxygen atoms in total. The normalized spacial score (nSPS) is 17.4. The van der Waals surface area contributed by atoms with E-state index in [-0.39, 0.29) is 5.91 Å². The molecule has 0 saturated carbocycles. The van der Waals surface area contributed by atoms with Crippen molar-refractivity contribution in [2.75, 3.05) is 39.3 Å². The van der Waals surface area contributed by atoms with Crippen molar-refractivity contribution in [1.29, 1.82) is 0 Å². The van der Waals surface area contributed by atoms with Gasteiger partial charge in [-0.25, -0.2) is 8.42 Å². The number of hydrogen-bond acceptors (Lipinski definition) is 5. The van der Waals surface area contributed by atoms with Crippen LogP contribution >= 0.6 is 0 Å². The molecule has 0 unspecified atom stereocenters. The highest BCUT2D eigenvalue weighted by Crippen LogP contribution is 2.19. The van der Waals surface area contributed by atoms with Gasteiger partial charge in [-0.1, -0.05) is 54.1 Å². The summed E-state index contributed by atoms with van der Waals surface area (Å²) >= 11 is 0. The largest absolute Gasteiger partial charge is 0.348 e. The molecular formula is C31H38N4O3S. The summed E-state index contributed by atoms with van der Waals surface area (Å²) in [7, 11) is -3.48. The van der Waals surface area contributed by atoms with Gasteiger partial charge in [0.2, 0.25) is 10.0 Å².